The highest BCUT2D eigenvalue weighted by atomic mass is 35.5. The largest absolute Gasteiger partial charge is 0.465 e. The Labute approximate surface area is 186 Å². The fraction of sp³-hybridized carbons (Fsp3) is 0.105. The molecule has 0 aliphatic rings. The number of halogens is 3. The van der Waals surface area contributed by atoms with Crippen molar-refractivity contribution < 1.29 is 14.7 Å². The van der Waals surface area contributed by atoms with Crippen LogP contribution in [0.4, 0.5) is 10.5 Å². The summed E-state index contributed by atoms with van der Waals surface area (Å²) in [5.74, 6) is -1.20. The zero-order valence-corrected chi connectivity index (χ0v) is 17.5. The fourth-order valence-electron chi connectivity index (χ4n) is 2.57. The van der Waals surface area contributed by atoms with E-state index < -0.39 is 23.1 Å². The van der Waals surface area contributed by atoms with E-state index in [1.807, 2.05) is 0 Å². The van der Waals surface area contributed by atoms with Crippen LogP contribution in [0.2, 0.25) is 15.1 Å². The average molecular weight is 465 g/mol. The van der Waals surface area contributed by atoms with Gasteiger partial charge in [-0.05, 0) is 36.8 Å². The lowest BCUT2D eigenvalue weighted by Crippen LogP contribution is -2.34. The number of carbonyl (C=O) groups excluding carboxylic acids is 1. The van der Waals surface area contributed by atoms with E-state index in [2.05, 4.69) is 16.6 Å². The van der Waals surface area contributed by atoms with E-state index in [0.717, 1.165) is 0 Å². The molecule has 0 aliphatic carbocycles. The Kier molecular flexibility index (Phi) is 7.25. The second-order valence-corrected chi connectivity index (χ2v) is 7.25. The molecule has 0 heterocycles. The Morgan fingerprint density at radius 1 is 1.10 bits per heavy atom. The molecule has 1 unspecified atom stereocenters. The number of hydrazone groups is 1. The summed E-state index contributed by atoms with van der Waals surface area (Å²) in [6.45, 7) is 1.65. The molecule has 2 amide bonds. The van der Waals surface area contributed by atoms with Crippen LogP contribution >= 0.6 is 34.8 Å². The molecule has 2 rings (SSSR count). The Hall–Kier alpha value is -3.30. The summed E-state index contributed by atoms with van der Waals surface area (Å²) in [7, 11) is 0. The Balaban J connectivity index is 2.42. The van der Waals surface area contributed by atoms with Gasteiger partial charge in [0.15, 0.2) is 0 Å². The Morgan fingerprint density at radius 3 is 2.13 bits per heavy atom. The van der Waals surface area contributed by atoms with Gasteiger partial charge in [0, 0.05) is 20.6 Å². The molecule has 30 heavy (non-hydrogen) atoms. The van der Waals surface area contributed by atoms with Crippen molar-refractivity contribution >= 4 is 58.2 Å². The first kappa shape index (κ1) is 23.0. The number of benzene rings is 2. The first-order chi connectivity index (χ1) is 14.1. The number of carbonyl (C=O) groups is 2. The van der Waals surface area contributed by atoms with Crippen LogP contribution in [0, 0.1) is 22.7 Å². The number of rotatable bonds is 5. The van der Waals surface area contributed by atoms with Crippen LogP contribution in [-0.4, -0.2) is 22.8 Å². The number of imide groups is 1. The van der Waals surface area contributed by atoms with Gasteiger partial charge in [-0.1, -0.05) is 46.9 Å². The third-order valence-electron chi connectivity index (χ3n) is 4.03. The van der Waals surface area contributed by atoms with Crippen LogP contribution in [0.1, 0.15) is 18.1 Å². The normalized spacial score (nSPS) is 12.8. The predicted molar refractivity (Wildman–Crippen MR) is 113 cm³/mol. The molecule has 0 saturated carbocycles. The van der Waals surface area contributed by atoms with Crippen LogP contribution < -0.4 is 10.7 Å². The van der Waals surface area contributed by atoms with Gasteiger partial charge in [-0.3, -0.25) is 15.5 Å². The zero-order chi connectivity index (χ0) is 22.5. The van der Waals surface area contributed by atoms with Crippen LogP contribution in [0.5, 0.6) is 0 Å². The first-order valence-corrected chi connectivity index (χ1v) is 9.20. The molecule has 0 bridgehead atoms. The second-order valence-electron chi connectivity index (χ2n) is 6.00. The van der Waals surface area contributed by atoms with Gasteiger partial charge in [0.1, 0.15) is 11.5 Å². The molecule has 0 fully saturated rings. The van der Waals surface area contributed by atoms with Crippen molar-refractivity contribution in [2.45, 2.75) is 12.3 Å². The third-order valence-corrected chi connectivity index (χ3v) is 4.87. The monoisotopic (exact) mass is 463 g/mol. The zero-order valence-electron chi connectivity index (χ0n) is 15.2. The molecule has 11 heteroatoms. The lowest BCUT2D eigenvalue weighted by molar-refractivity contribution is -0.114. The second kappa shape index (κ2) is 9.47. The Morgan fingerprint density at radius 2 is 1.67 bits per heavy atom. The molecule has 152 valence electrons. The standard InChI is InChI=1S/C19H12Cl3N5O3/c1-19(9-24,10-2-4-11(20)5-3-10)16-13(21)6-12(7-14(16)22)26-27-15(8-23)17(28)25-18(29)30/h2-7,26H,1H3,(H,25,28)(H,29,30)/b27-15+. The molecule has 0 aliphatic heterocycles. The lowest BCUT2D eigenvalue weighted by atomic mass is 9.77. The van der Waals surface area contributed by atoms with E-state index in [1.165, 1.54) is 23.5 Å². The van der Waals surface area contributed by atoms with Crippen molar-refractivity contribution in [2.75, 3.05) is 5.43 Å². The van der Waals surface area contributed by atoms with Crippen molar-refractivity contribution in [1.29, 1.82) is 10.5 Å². The van der Waals surface area contributed by atoms with Crippen molar-refractivity contribution in [3.8, 4) is 12.1 Å². The highest BCUT2D eigenvalue weighted by Crippen LogP contribution is 2.42. The molecule has 0 saturated heterocycles. The number of nitriles is 2. The fourth-order valence-corrected chi connectivity index (χ4v) is 3.56. The maximum atomic E-state index is 11.6. The number of hydrogen-bond donors (Lipinski definition) is 3. The van der Waals surface area contributed by atoms with Crippen LogP contribution in [0.25, 0.3) is 0 Å². The van der Waals surface area contributed by atoms with E-state index in [9.17, 15) is 14.9 Å². The van der Waals surface area contributed by atoms with E-state index in [-0.39, 0.29) is 15.7 Å². The SMILES string of the molecule is CC(C#N)(c1ccc(Cl)cc1)c1c(Cl)cc(N/N=C(\C#N)C(=O)NC(=O)O)cc1Cl. The minimum Gasteiger partial charge on any atom is -0.465 e. The first-order valence-electron chi connectivity index (χ1n) is 8.07. The molecule has 2 aromatic carbocycles. The quantitative estimate of drug-likeness (QED) is 0.438. The van der Waals surface area contributed by atoms with Gasteiger partial charge in [-0.2, -0.15) is 15.6 Å². The van der Waals surface area contributed by atoms with E-state index in [4.69, 9.17) is 45.2 Å². The van der Waals surface area contributed by atoms with Gasteiger partial charge in [-0.25, -0.2) is 4.79 Å². The van der Waals surface area contributed by atoms with Crippen molar-refractivity contribution in [3.63, 3.8) is 0 Å². The maximum Gasteiger partial charge on any atom is 0.411 e. The van der Waals surface area contributed by atoms with Crippen LogP contribution in [0.15, 0.2) is 41.5 Å². The number of amides is 2. The summed E-state index contributed by atoms with van der Waals surface area (Å²) in [4.78, 5) is 22.1. The highest BCUT2D eigenvalue weighted by molar-refractivity contribution is 6.46. The maximum absolute atomic E-state index is 11.6. The van der Waals surface area contributed by atoms with Gasteiger partial charge in [0.05, 0.1) is 11.8 Å². The van der Waals surface area contributed by atoms with Crippen LogP contribution in [0.3, 0.4) is 0 Å². The molecule has 0 aromatic heterocycles. The number of anilines is 1. The van der Waals surface area contributed by atoms with Gasteiger partial charge in [0.2, 0.25) is 5.71 Å². The summed E-state index contributed by atoms with van der Waals surface area (Å²) in [5.41, 5.74) is 1.67. The van der Waals surface area contributed by atoms with E-state index in [1.54, 1.807) is 31.2 Å². The lowest BCUT2D eigenvalue weighted by Gasteiger charge is -2.25. The summed E-state index contributed by atoms with van der Waals surface area (Å²) in [5, 5.41) is 33.2. The summed E-state index contributed by atoms with van der Waals surface area (Å²) in [6.07, 6.45) is -1.63. The van der Waals surface area contributed by atoms with Crippen molar-refractivity contribution in [3.05, 3.63) is 62.6 Å². The van der Waals surface area contributed by atoms with E-state index in [0.29, 0.717) is 16.1 Å². The van der Waals surface area contributed by atoms with Crippen molar-refractivity contribution in [1.82, 2.24) is 5.32 Å². The predicted octanol–water partition coefficient (Wildman–Crippen LogP) is 4.56. The number of carboxylic acid groups (broad SMARTS) is 1. The smallest absolute Gasteiger partial charge is 0.411 e. The van der Waals surface area contributed by atoms with Gasteiger partial charge >= 0.3 is 6.09 Å². The number of nitrogens with one attached hydrogen (secondary N) is 2. The molecule has 0 radical (unpaired) electrons. The molecular weight excluding hydrogens is 453 g/mol. The van der Waals surface area contributed by atoms with Crippen molar-refractivity contribution in [2.24, 2.45) is 5.10 Å². The molecule has 8 nitrogen and oxygen atoms in total. The molecule has 2 aromatic rings. The summed E-state index contributed by atoms with van der Waals surface area (Å²) in [6, 6.07) is 13.2. The minimum atomic E-state index is -1.63. The van der Waals surface area contributed by atoms with E-state index >= 15 is 0 Å². The Bertz CT molecular complexity index is 1100. The molecule has 1 atom stereocenters. The number of nitrogens with zero attached hydrogens (tertiary/aromatic N) is 3. The van der Waals surface area contributed by atoms with Gasteiger partial charge in [-0.15, -0.1) is 0 Å². The topological polar surface area (TPSA) is 138 Å². The number of hydrogen-bond acceptors (Lipinski definition) is 6. The summed E-state index contributed by atoms with van der Waals surface area (Å²) < 4.78 is 0. The minimum absolute atomic E-state index is 0.132. The van der Waals surface area contributed by atoms with Gasteiger partial charge in [0.25, 0.3) is 5.91 Å². The molecule has 3 N–H and O–H groups in total. The summed E-state index contributed by atoms with van der Waals surface area (Å²) >= 11 is 18.7. The van der Waals surface area contributed by atoms with Gasteiger partial charge < -0.3 is 5.11 Å². The van der Waals surface area contributed by atoms with Crippen LogP contribution in [-0.2, 0) is 10.2 Å². The third kappa shape index (κ3) is 5.00. The highest BCUT2D eigenvalue weighted by Gasteiger charge is 2.33. The molecule has 0 spiro atoms. The molecular formula is C19H12Cl3N5O3. The average Bonchev–Trinajstić information content (AvgIpc) is 2.67.